The van der Waals surface area contributed by atoms with Crippen molar-refractivity contribution in [2.45, 2.75) is 0 Å². The molecule has 0 saturated carbocycles. The largest absolute Gasteiger partial charge is 0.350 e. The van der Waals surface area contributed by atoms with Crippen LogP contribution in [-0.4, -0.2) is 4.57 Å². The van der Waals surface area contributed by atoms with Crippen LogP contribution >= 0.6 is 0 Å². The van der Waals surface area contributed by atoms with E-state index >= 15 is 0 Å². The number of benzene rings is 1. The summed E-state index contributed by atoms with van der Waals surface area (Å²) in [6.45, 7) is 0. The van der Waals surface area contributed by atoms with E-state index in [0.29, 0.717) is 11.1 Å². The van der Waals surface area contributed by atoms with Gasteiger partial charge >= 0.3 is 0 Å². The lowest BCUT2D eigenvalue weighted by Gasteiger charge is -2.05. The van der Waals surface area contributed by atoms with E-state index in [1.807, 2.05) is 11.6 Å². The van der Waals surface area contributed by atoms with Gasteiger partial charge in [0.25, 0.3) is 0 Å². The van der Waals surface area contributed by atoms with Crippen LogP contribution in [0.2, 0.25) is 0 Å². The molecule has 0 bridgehead atoms. The molecule has 0 aliphatic heterocycles. The molecule has 2 aromatic rings. The molecule has 0 spiro atoms. The van der Waals surface area contributed by atoms with Gasteiger partial charge in [-0.05, 0) is 24.3 Å². The summed E-state index contributed by atoms with van der Waals surface area (Å²) in [7, 11) is 1.88. The van der Waals surface area contributed by atoms with Crippen LogP contribution < -0.4 is 0 Å². The number of aryl methyl sites for hydroxylation is 1. The van der Waals surface area contributed by atoms with Crippen molar-refractivity contribution in [1.82, 2.24) is 4.57 Å². The van der Waals surface area contributed by atoms with Gasteiger partial charge < -0.3 is 4.57 Å². The van der Waals surface area contributed by atoms with Crippen LogP contribution in [0.5, 0.6) is 0 Å². The number of hydrogen-bond donors (Lipinski definition) is 0. The molecule has 0 N–H and O–H groups in total. The van der Waals surface area contributed by atoms with Gasteiger partial charge in [0.15, 0.2) is 0 Å². The molecule has 0 atom stereocenters. The standard InChI is InChI=1S/C13H8N3/c1-16-6-2-3-13(16)12-7-10(8-14)4-5-11(12)9-15/h3-7H,1H3. The van der Waals surface area contributed by atoms with Crippen LogP contribution in [-0.2, 0) is 7.05 Å². The average Bonchev–Trinajstić information content (AvgIpc) is 2.74. The molecule has 1 aromatic carbocycles. The van der Waals surface area contributed by atoms with E-state index in [0.717, 1.165) is 11.3 Å². The van der Waals surface area contributed by atoms with E-state index < -0.39 is 0 Å². The molecule has 75 valence electrons. The predicted octanol–water partition coefficient (Wildman–Crippen LogP) is 2.24. The zero-order chi connectivity index (χ0) is 11.5. The van der Waals surface area contributed by atoms with Gasteiger partial charge in [0.1, 0.15) is 0 Å². The van der Waals surface area contributed by atoms with Crippen molar-refractivity contribution in [3.8, 4) is 23.4 Å². The van der Waals surface area contributed by atoms with Gasteiger partial charge in [0.05, 0.1) is 23.3 Å². The third kappa shape index (κ3) is 1.55. The van der Waals surface area contributed by atoms with E-state index in [2.05, 4.69) is 18.2 Å². The molecular weight excluding hydrogens is 198 g/mol. The van der Waals surface area contributed by atoms with E-state index in [1.54, 1.807) is 30.5 Å². The summed E-state index contributed by atoms with van der Waals surface area (Å²) in [5.74, 6) is 0. The van der Waals surface area contributed by atoms with Crippen LogP contribution in [0.15, 0.2) is 30.5 Å². The molecule has 2 rings (SSSR count). The Morgan fingerprint density at radius 2 is 2.06 bits per heavy atom. The second-order valence-corrected chi connectivity index (χ2v) is 3.42. The van der Waals surface area contributed by atoms with Crippen molar-refractivity contribution >= 4 is 0 Å². The van der Waals surface area contributed by atoms with Gasteiger partial charge in [0, 0.05) is 30.6 Å². The van der Waals surface area contributed by atoms with Crippen LogP contribution in [0.4, 0.5) is 0 Å². The number of nitrogens with zero attached hydrogens (tertiary/aromatic N) is 3. The fraction of sp³-hybridized carbons (Fsp3) is 0.0769. The zero-order valence-corrected chi connectivity index (χ0v) is 8.73. The first-order valence-corrected chi connectivity index (χ1v) is 4.73. The summed E-state index contributed by atoms with van der Waals surface area (Å²) in [5, 5.41) is 17.9. The fourth-order valence-electron chi connectivity index (χ4n) is 1.59. The van der Waals surface area contributed by atoms with Crippen molar-refractivity contribution in [2.75, 3.05) is 0 Å². The van der Waals surface area contributed by atoms with E-state index in [1.165, 1.54) is 0 Å². The molecule has 1 aromatic heterocycles. The summed E-state index contributed by atoms with van der Waals surface area (Å²) >= 11 is 0. The summed E-state index contributed by atoms with van der Waals surface area (Å²) in [5.41, 5.74) is 2.77. The quantitative estimate of drug-likeness (QED) is 0.718. The molecule has 0 aliphatic rings. The lowest BCUT2D eigenvalue weighted by atomic mass is 10.0. The average molecular weight is 206 g/mol. The predicted molar refractivity (Wildman–Crippen MR) is 59.1 cm³/mol. The molecule has 0 unspecified atom stereocenters. The SMILES string of the molecule is Cn1c[c]cc1-c1cc(C#N)ccc1C#N. The Balaban J connectivity index is 2.69. The summed E-state index contributed by atoms with van der Waals surface area (Å²) < 4.78 is 1.87. The van der Waals surface area contributed by atoms with Crippen molar-refractivity contribution < 1.29 is 0 Å². The van der Waals surface area contributed by atoms with Gasteiger partial charge in [-0.15, -0.1) is 0 Å². The molecule has 0 saturated heterocycles. The van der Waals surface area contributed by atoms with E-state index in [9.17, 15) is 0 Å². The zero-order valence-electron chi connectivity index (χ0n) is 8.73. The maximum Gasteiger partial charge on any atom is 0.0998 e. The van der Waals surface area contributed by atoms with Crippen molar-refractivity contribution in [3.63, 3.8) is 0 Å². The van der Waals surface area contributed by atoms with Crippen LogP contribution in [0.1, 0.15) is 11.1 Å². The van der Waals surface area contributed by atoms with Crippen molar-refractivity contribution in [2.24, 2.45) is 7.05 Å². The molecule has 1 radical (unpaired) electrons. The second-order valence-electron chi connectivity index (χ2n) is 3.42. The first-order valence-electron chi connectivity index (χ1n) is 4.73. The normalized spacial score (nSPS) is 9.44. The maximum atomic E-state index is 9.02. The third-order valence-electron chi connectivity index (χ3n) is 2.41. The minimum Gasteiger partial charge on any atom is -0.350 e. The van der Waals surface area contributed by atoms with Crippen LogP contribution in [0.25, 0.3) is 11.3 Å². The Bertz CT molecular complexity index is 609. The molecule has 0 fully saturated rings. The monoisotopic (exact) mass is 206 g/mol. The van der Waals surface area contributed by atoms with Crippen molar-refractivity contribution in [3.05, 3.63) is 47.7 Å². The Labute approximate surface area is 93.8 Å². The highest BCUT2D eigenvalue weighted by molar-refractivity contribution is 5.69. The van der Waals surface area contributed by atoms with Crippen LogP contribution in [0, 0.1) is 28.7 Å². The van der Waals surface area contributed by atoms with Crippen molar-refractivity contribution in [1.29, 1.82) is 10.5 Å². The summed E-state index contributed by atoms with van der Waals surface area (Å²) in [6.07, 6.45) is 1.79. The third-order valence-corrected chi connectivity index (χ3v) is 2.41. The summed E-state index contributed by atoms with van der Waals surface area (Å²) in [6, 6.07) is 14.0. The summed E-state index contributed by atoms with van der Waals surface area (Å²) in [4.78, 5) is 0. The molecular formula is C13H8N3. The number of nitriles is 2. The van der Waals surface area contributed by atoms with E-state index in [4.69, 9.17) is 10.5 Å². The molecule has 0 aliphatic carbocycles. The van der Waals surface area contributed by atoms with Gasteiger partial charge in [-0.1, -0.05) is 0 Å². The first kappa shape index (κ1) is 10.0. The smallest absolute Gasteiger partial charge is 0.0998 e. The maximum absolute atomic E-state index is 9.02. The Hall–Kier alpha value is -2.52. The topological polar surface area (TPSA) is 52.5 Å². The van der Waals surface area contributed by atoms with Gasteiger partial charge in [-0.2, -0.15) is 10.5 Å². The Morgan fingerprint density at radius 1 is 1.25 bits per heavy atom. The molecule has 16 heavy (non-hydrogen) atoms. The van der Waals surface area contributed by atoms with Gasteiger partial charge in [0.2, 0.25) is 0 Å². The van der Waals surface area contributed by atoms with E-state index in [-0.39, 0.29) is 0 Å². The lowest BCUT2D eigenvalue weighted by molar-refractivity contribution is 0.936. The Morgan fingerprint density at radius 3 is 2.62 bits per heavy atom. The second kappa shape index (κ2) is 3.92. The van der Waals surface area contributed by atoms with Gasteiger partial charge in [-0.3, -0.25) is 0 Å². The molecule has 3 heteroatoms. The number of rotatable bonds is 1. The van der Waals surface area contributed by atoms with Gasteiger partial charge in [-0.25, -0.2) is 0 Å². The lowest BCUT2D eigenvalue weighted by Crippen LogP contribution is -1.93. The molecule has 3 nitrogen and oxygen atoms in total. The molecule has 1 heterocycles. The Kier molecular flexibility index (Phi) is 2.45. The van der Waals surface area contributed by atoms with Crippen LogP contribution in [0.3, 0.4) is 0 Å². The minimum absolute atomic E-state index is 0.551. The first-order chi connectivity index (χ1) is 7.76. The number of hydrogen-bond acceptors (Lipinski definition) is 2. The molecule has 0 amide bonds. The number of aromatic nitrogens is 1. The fourth-order valence-corrected chi connectivity index (χ4v) is 1.59. The highest BCUT2D eigenvalue weighted by Crippen LogP contribution is 2.24. The highest BCUT2D eigenvalue weighted by Gasteiger charge is 2.08. The minimum atomic E-state index is 0.551. The highest BCUT2D eigenvalue weighted by atomic mass is 14.9.